The van der Waals surface area contributed by atoms with Gasteiger partial charge in [0.05, 0.1) is 11.6 Å². The lowest BCUT2D eigenvalue weighted by atomic mass is 10.2. The lowest BCUT2D eigenvalue weighted by molar-refractivity contribution is -0.287. The summed E-state index contributed by atoms with van der Waals surface area (Å²) >= 11 is 0. The zero-order valence-electron chi connectivity index (χ0n) is 24.6. The van der Waals surface area contributed by atoms with Crippen LogP contribution in [-0.2, 0) is 17.8 Å². The molecule has 0 spiro atoms. The van der Waals surface area contributed by atoms with Crippen molar-refractivity contribution in [1.82, 2.24) is 5.32 Å². The third-order valence-electron chi connectivity index (χ3n) is 5.53. The molecule has 0 bridgehead atoms. The smallest absolute Gasteiger partial charge is 0.444 e. The van der Waals surface area contributed by atoms with Crippen LogP contribution >= 0.6 is 12.4 Å². The first-order valence-electron chi connectivity index (χ1n) is 13.1. The molecule has 3 aliphatic heterocycles. The minimum absolute atomic E-state index is 0. The first kappa shape index (κ1) is 36.5. The van der Waals surface area contributed by atoms with Gasteiger partial charge in [0.2, 0.25) is 0 Å². The molecule has 254 valence electrons. The molecule has 1 amide bonds. The van der Waals surface area contributed by atoms with Crippen molar-refractivity contribution in [3.8, 4) is 40.6 Å². The van der Waals surface area contributed by atoms with Crippen molar-refractivity contribution in [1.29, 1.82) is 5.26 Å². The van der Waals surface area contributed by atoms with Crippen molar-refractivity contribution in [2.24, 2.45) is 5.73 Å². The average Bonchev–Trinajstić information content (AvgIpc) is 3.55. The summed E-state index contributed by atoms with van der Waals surface area (Å²) in [6, 6.07) is 14.4. The summed E-state index contributed by atoms with van der Waals surface area (Å²) < 4.78 is 106. The minimum atomic E-state index is -3.64. The van der Waals surface area contributed by atoms with E-state index in [1.165, 1.54) is 42.5 Å². The van der Waals surface area contributed by atoms with Crippen LogP contribution in [0, 0.1) is 11.3 Å². The second-order valence-corrected chi connectivity index (χ2v) is 10.4. The van der Waals surface area contributed by atoms with Crippen LogP contribution in [0.15, 0.2) is 54.6 Å². The summed E-state index contributed by atoms with van der Waals surface area (Å²) in [6.45, 7) is 5.65. The maximum Gasteiger partial charge on any atom is 0.586 e. The zero-order valence-corrected chi connectivity index (χ0v) is 25.4. The lowest BCUT2D eigenvalue weighted by Crippen LogP contribution is -2.32. The number of nitrogens with two attached hydrogens (primary N) is 1. The maximum absolute atomic E-state index is 12.8. The van der Waals surface area contributed by atoms with Crippen molar-refractivity contribution in [3.05, 3.63) is 71.3 Å². The predicted octanol–water partition coefficient (Wildman–Crippen LogP) is 6.80. The molecule has 47 heavy (non-hydrogen) atoms. The zero-order chi connectivity index (χ0) is 33.9. The van der Waals surface area contributed by atoms with Crippen LogP contribution < -0.4 is 39.5 Å². The second kappa shape index (κ2) is 13.8. The molecule has 0 saturated heterocycles. The van der Waals surface area contributed by atoms with E-state index in [0.29, 0.717) is 5.56 Å². The molecule has 0 aliphatic carbocycles. The molecule has 18 heteroatoms. The number of carbonyl (C=O) groups is 1. The monoisotopic (exact) mass is 693 g/mol. The van der Waals surface area contributed by atoms with Crippen molar-refractivity contribution in [2.75, 3.05) is 0 Å². The number of fused-ring (bicyclic) bond motifs is 3. The molecule has 3 aliphatic rings. The van der Waals surface area contributed by atoms with Crippen LogP contribution in [0.2, 0.25) is 0 Å². The number of carbonyl (C=O) groups excluding carboxylic acids is 1. The van der Waals surface area contributed by atoms with Gasteiger partial charge in [-0.2, -0.15) is 5.26 Å². The Kier molecular flexibility index (Phi) is 10.7. The first-order chi connectivity index (χ1) is 21.4. The van der Waals surface area contributed by atoms with Crippen molar-refractivity contribution in [2.45, 2.75) is 58.3 Å². The normalized spacial score (nSPS) is 16.2. The van der Waals surface area contributed by atoms with Crippen molar-refractivity contribution in [3.63, 3.8) is 0 Å². The molecule has 3 aromatic rings. The first-order valence-corrected chi connectivity index (χ1v) is 13.1. The van der Waals surface area contributed by atoms with Gasteiger partial charge in [-0.3, -0.25) is 0 Å². The van der Waals surface area contributed by atoms with Crippen molar-refractivity contribution < 1.29 is 64.3 Å². The molecule has 0 fully saturated rings. The molecule has 0 aromatic heterocycles. The molecule has 0 atom stereocenters. The molecule has 0 radical (unpaired) electrons. The number of alkyl halides is 6. The summed E-state index contributed by atoms with van der Waals surface area (Å²) in [5.41, 5.74) is 6.30. The van der Waals surface area contributed by atoms with Crippen molar-refractivity contribution >= 4 is 18.5 Å². The lowest BCUT2D eigenvalue weighted by Gasteiger charge is -2.19. The van der Waals surface area contributed by atoms with Gasteiger partial charge in [-0.25, -0.2) is 4.79 Å². The van der Waals surface area contributed by atoms with Gasteiger partial charge < -0.3 is 44.2 Å². The topological polar surface area (TPSA) is 144 Å². The van der Waals surface area contributed by atoms with Gasteiger partial charge in [0.15, 0.2) is 34.5 Å². The van der Waals surface area contributed by atoms with E-state index in [-0.39, 0.29) is 65.6 Å². The fourth-order valence-corrected chi connectivity index (χ4v) is 3.73. The van der Waals surface area contributed by atoms with E-state index in [2.05, 4.69) is 33.7 Å². The highest BCUT2D eigenvalue weighted by Gasteiger charge is 2.45. The molecular weight excluding hydrogens is 668 g/mol. The van der Waals surface area contributed by atoms with E-state index in [4.69, 9.17) is 15.7 Å². The minimum Gasteiger partial charge on any atom is -0.444 e. The third kappa shape index (κ3) is 10.3. The molecule has 11 nitrogen and oxygen atoms in total. The van der Waals surface area contributed by atoms with Crippen LogP contribution in [0.1, 0.15) is 37.5 Å². The third-order valence-corrected chi connectivity index (χ3v) is 5.53. The van der Waals surface area contributed by atoms with E-state index < -0.39 is 30.6 Å². The van der Waals surface area contributed by atoms with Crippen LogP contribution in [0.4, 0.5) is 31.1 Å². The Morgan fingerprint density at radius 2 is 1.15 bits per heavy atom. The molecule has 0 saturated carbocycles. The Morgan fingerprint density at radius 3 is 1.60 bits per heavy atom. The van der Waals surface area contributed by atoms with E-state index in [9.17, 15) is 31.1 Å². The summed E-state index contributed by atoms with van der Waals surface area (Å²) in [6.07, 6.45) is -11.4. The fraction of sp³-hybridized carbons (Fsp3) is 0.310. The predicted molar refractivity (Wildman–Crippen MR) is 151 cm³/mol. The number of halogens is 7. The Bertz CT molecular complexity index is 1650. The summed E-state index contributed by atoms with van der Waals surface area (Å²) in [5, 5.41) is 11.0. The highest BCUT2D eigenvalue weighted by atomic mass is 35.5. The number of nitrogens with zero attached hydrogens (tertiary/aromatic N) is 1. The number of rotatable bonds is 3. The molecular formula is C29H26ClF6N3O8. The molecule has 3 N–H and O–H groups in total. The highest BCUT2D eigenvalue weighted by molar-refractivity contribution is 5.85. The van der Waals surface area contributed by atoms with Gasteiger partial charge in [-0.15, -0.1) is 38.7 Å². The van der Waals surface area contributed by atoms with Crippen LogP contribution in [-0.4, -0.2) is 30.6 Å². The number of benzene rings is 3. The number of nitrogens with one attached hydrogen (secondary N) is 1. The number of nitriles is 1. The standard InChI is InChI=1S/C13H15F2NO4.C8H7F2NO2.C8H3F2NO2.ClH/c1-12(2,3)20-11(17)16-7-8-4-5-9-10(6-8)19-13(14,15)18-9;2*9-8(10)12-6-2-1-5(4-11)3-7(6)13-8;/h4-6H,7H2,1-3H3,(H,16,17);1-3H,4,11H2;1-3H;1H. The molecule has 3 aromatic carbocycles. The van der Waals surface area contributed by atoms with Gasteiger partial charge in [-0.05, 0) is 68.3 Å². The number of amides is 1. The molecule has 6 rings (SSSR count). The number of alkyl carbamates (subject to hydrolysis) is 1. The largest absolute Gasteiger partial charge is 0.586 e. The van der Waals surface area contributed by atoms with Gasteiger partial charge in [0.25, 0.3) is 0 Å². The summed E-state index contributed by atoms with van der Waals surface area (Å²) in [4.78, 5) is 11.5. The quantitative estimate of drug-likeness (QED) is 0.281. The van der Waals surface area contributed by atoms with Gasteiger partial charge >= 0.3 is 25.0 Å². The molecule has 3 heterocycles. The fourth-order valence-electron chi connectivity index (χ4n) is 3.73. The van der Waals surface area contributed by atoms with Gasteiger partial charge in [0.1, 0.15) is 5.60 Å². The number of ether oxygens (including phenoxy) is 7. The Balaban J connectivity index is 0.000000196. The van der Waals surface area contributed by atoms with Gasteiger partial charge in [-0.1, -0.05) is 12.1 Å². The summed E-state index contributed by atoms with van der Waals surface area (Å²) in [5.74, 6) is -0.169. The number of hydrogen-bond acceptors (Lipinski definition) is 10. The Labute approximate surface area is 269 Å². The maximum atomic E-state index is 12.8. The average molecular weight is 694 g/mol. The Morgan fingerprint density at radius 1 is 0.745 bits per heavy atom. The van der Waals surface area contributed by atoms with Crippen LogP contribution in [0.5, 0.6) is 34.5 Å². The van der Waals surface area contributed by atoms with E-state index in [1.54, 1.807) is 39.0 Å². The van der Waals surface area contributed by atoms with Gasteiger partial charge in [0, 0.05) is 19.2 Å². The highest BCUT2D eigenvalue weighted by Crippen LogP contribution is 2.43. The second-order valence-electron chi connectivity index (χ2n) is 10.4. The molecule has 0 unspecified atom stereocenters. The van der Waals surface area contributed by atoms with Crippen LogP contribution in [0.25, 0.3) is 0 Å². The van der Waals surface area contributed by atoms with E-state index in [1.807, 2.05) is 0 Å². The number of hydrogen-bond donors (Lipinski definition) is 2. The van der Waals surface area contributed by atoms with E-state index in [0.717, 1.165) is 5.56 Å². The van der Waals surface area contributed by atoms with Crippen LogP contribution in [0.3, 0.4) is 0 Å². The van der Waals surface area contributed by atoms with E-state index >= 15 is 0 Å². The Hall–Kier alpha value is -4.95. The SMILES string of the molecule is CC(C)(C)OC(=O)NCc1ccc2c(c1)OC(F)(F)O2.Cl.N#Cc1ccc2c(c1)OC(F)(F)O2.NCc1ccc2c(c1)OC(F)(F)O2. The summed E-state index contributed by atoms with van der Waals surface area (Å²) in [7, 11) is 0.